The lowest BCUT2D eigenvalue weighted by Gasteiger charge is -2.45. The number of fused-ring (bicyclic) bond motifs is 1. The van der Waals surface area contributed by atoms with Gasteiger partial charge >= 0.3 is 0 Å². The molecule has 118 valence electrons. The number of likely N-dealkylation sites (tertiary alicyclic amines) is 1. The van der Waals surface area contributed by atoms with Crippen LogP contribution in [0, 0.1) is 18.8 Å². The highest BCUT2D eigenvalue weighted by Gasteiger charge is 2.36. The Balaban J connectivity index is 1.79. The van der Waals surface area contributed by atoms with Gasteiger partial charge in [0.15, 0.2) is 0 Å². The summed E-state index contributed by atoms with van der Waals surface area (Å²) in [6.07, 6.45) is 8.27. The zero-order chi connectivity index (χ0) is 14.8. The van der Waals surface area contributed by atoms with E-state index in [1.165, 1.54) is 55.6 Å². The maximum absolute atomic E-state index is 6.54. The average molecular weight is 307 g/mol. The molecule has 1 saturated heterocycles. The van der Waals surface area contributed by atoms with Crippen LogP contribution in [0.1, 0.15) is 61.9 Å². The van der Waals surface area contributed by atoms with Gasteiger partial charge in [0.1, 0.15) is 0 Å². The number of piperidine rings is 1. The van der Waals surface area contributed by atoms with Gasteiger partial charge in [0.2, 0.25) is 0 Å². The summed E-state index contributed by atoms with van der Waals surface area (Å²) in [6.45, 7) is 7.00. The van der Waals surface area contributed by atoms with E-state index in [0.29, 0.717) is 6.04 Å². The van der Waals surface area contributed by atoms with E-state index >= 15 is 0 Å². The molecule has 2 aliphatic rings. The van der Waals surface area contributed by atoms with Crippen LogP contribution in [0.2, 0.25) is 0 Å². The molecule has 3 heteroatoms. The van der Waals surface area contributed by atoms with Gasteiger partial charge in [-0.1, -0.05) is 26.2 Å². The number of thiophene rings is 1. The lowest BCUT2D eigenvalue weighted by molar-refractivity contribution is 0.0480. The molecule has 1 aliphatic carbocycles. The van der Waals surface area contributed by atoms with Crippen molar-refractivity contribution in [1.29, 1.82) is 0 Å². The van der Waals surface area contributed by atoms with E-state index in [1.807, 2.05) is 11.3 Å². The summed E-state index contributed by atoms with van der Waals surface area (Å²) in [7, 11) is 0. The molecule has 4 atom stereocenters. The van der Waals surface area contributed by atoms with E-state index < -0.39 is 0 Å². The first kappa shape index (κ1) is 15.5. The normalized spacial score (nSPS) is 29.9. The molecule has 2 nitrogen and oxygen atoms in total. The van der Waals surface area contributed by atoms with Crippen LogP contribution in [-0.2, 0) is 0 Å². The van der Waals surface area contributed by atoms with Gasteiger partial charge in [0.05, 0.1) is 6.04 Å². The van der Waals surface area contributed by atoms with Gasteiger partial charge < -0.3 is 5.73 Å². The van der Waals surface area contributed by atoms with Crippen molar-refractivity contribution in [2.75, 3.05) is 13.1 Å². The Morgan fingerprint density at radius 2 is 2.05 bits per heavy atom. The van der Waals surface area contributed by atoms with Crippen LogP contribution < -0.4 is 5.73 Å². The fraction of sp³-hybridized carbons (Fsp3) is 0.778. The van der Waals surface area contributed by atoms with Crippen molar-refractivity contribution >= 4 is 11.3 Å². The third kappa shape index (κ3) is 3.20. The SMILES string of the molecule is CCC(N)C(c1sccc1C)N1CCC2CCCCC2C1. The molecule has 3 rings (SSSR count). The first-order valence-corrected chi connectivity index (χ1v) is 9.62. The average Bonchev–Trinajstić information content (AvgIpc) is 2.93. The van der Waals surface area contributed by atoms with Crippen LogP contribution in [0.15, 0.2) is 11.4 Å². The maximum atomic E-state index is 6.54. The van der Waals surface area contributed by atoms with E-state index in [2.05, 4.69) is 30.2 Å². The number of rotatable bonds is 4. The minimum Gasteiger partial charge on any atom is -0.326 e. The first-order valence-electron chi connectivity index (χ1n) is 8.74. The van der Waals surface area contributed by atoms with Crippen molar-refractivity contribution in [2.24, 2.45) is 17.6 Å². The molecule has 2 N–H and O–H groups in total. The van der Waals surface area contributed by atoms with Crippen molar-refractivity contribution < 1.29 is 0 Å². The minimum atomic E-state index is 0.266. The zero-order valence-electron chi connectivity index (χ0n) is 13.6. The highest BCUT2D eigenvalue weighted by molar-refractivity contribution is 7.10. The molecule has 0 radical (unpaired) electrons. The number of nitrogens with zero attached hydrogens (tertiary/aromatic N) is 1. The first-order chi connectivity index (χ1) is 10.2. The molecule has 1 aromatic heterocycles. The van der Waals surface area contributed by atoms with Crippen LogP contribution in [-0.4, -0.2) is 24.0 Å². The molecular weight excluding hydrogens is 276 g/mol. The van der Waals surface area contributed by atoms with Crippen LogP contribution in [0.5, 0.6) is 0 Å². The summed E-state index contributed by atoms with van der Waals surface area (Å²) in [5, 5.41) is 2.23. The molecule has 1 saturated carbocycles. The van der Waals surface area contributed by atoms with E-state index in [0.717, 1.165) is 18.3 Å². The Kier molecular flexibility index (Phi) is 5.03. The molecule has 0 bridgehead atoms. The van der Waals surface area contributed by atoms with Crippen molar-refractivity contribution in [2.45, 2.75) is 64.5 Å². The molecule has 1 aliphatic heterocycles. The lowest BCUT2D eigenvalue weighted by Crippen LogP contribution is -2.48. The van der Waals surface area contributed by atoms with Crippen LogP contribution in [0.3, 0.4) is 0 Å². The van der Waals surface area contributed by atoms with Crippen LogP contribution >= 0.6 is 11.3 Å². The van der Waals surface area contributed by atoms with Crippen molar-refractivity contribution in [3.8, 4) is 0 Å². The fourth-order valence-corrected chi connectivity index (χ4v) is 5.56. The standard InChI is InChI=1S/C18H30N2S/c1-3-16(19)17(18-13(2)9-11-21-18)20-10-8-14-6-4-5-7-15(14)12-20/h9,11,14-17H,3-8,10,12,19H2,1-2H3. The minimum absolute atomic E-state index is 0.266. The molecule has 2 fully saturated rings. The number of nitrogens with two attached hydrogens (primary N) is 1. The summed E-state index contributed by atoms with van der Waals surface area (Å²) in [5.74, 6) is 1.93. The summed E-state index contributed by atoms with van der Waals surface area (Å²) in [4.78, 5) is 4.23. The highest BCUT2D eigenvalue weighted by atomic mass is 32.1. The largest absolute Gasteiger partial charge is 0.326 e. The van der Waals surface area contributed by atoms with Gasteiger partial charge in [0.25, 0.3) is 0 Å². The molecule has 2 heterocycles. The third-order valence-corrected chi connectivity index (χ3v) is 6.85. The molecule has 1 aromatic rings. The third-order valence-electron chi connectivity index (χ3n) is 5.76. The Hall–Kier alpha value is -0.380. The smallest absolute Gasteiger partial charge is 0.0596 e. The molecule has 0 spiro atoms. The van der Waals surface area contributed by atoms with E-state index in [4.69, 9.17) is 5.73 Å². The van der Waals surface area contributed by atoms with Crippen LogP contribution in [0.4, 0.5) is 0 Å². The van der Waals surface area contributed by atoms with Gasteiger partial charge in [-0.05, 0) is 61.6 Å². The fourth-order valence-electron chi connectivity index (χ4n) is 4.42. The predicted octanol–water partition coefficient (Wildman–Crippen LogP) is 4.35. The topological polar surface area (TPSA) is 29.3 Å². The molecular formula is C18H30N2S. The molecule has 21 heavy (non-hydrogen) atoms. The number of hydrogen-bond acceptors (Lipinski definition) is 3. The number of hydrogen-bond donors (Lipinski definition) is 1. The highest BCUT2D eigenvalue weighted by Crippen LogP contribution is 2.40. The van der Waals surface area contributed by atoms with E-state index in [-0.39, 0.29) is 6.04 Å². The van der Waals surface area contributed by atoms with E-state index in [1.54, 1.807) is 0 Å². The second-order valence-corrected chi connectivity index (χ2v) is 8.02. The summed E-state index contributed by atoms with van der Waals surface area (Å²) < 4.78 is 0. The van der Waals surface area contributed by atoms with Crippen molar-refractivity contribution in [1.82, 2.24) is 4.90 Å². The van der Waals surface area contributed by atoms with Crippen LogP contribution in [0.25, 0.3) is 0 Å². The number of aryl methyl sites for hydroxylation is 1. The lowest BCUT2D eigenvalue weighted by atomic mass is 9.74. The van der Waals surface area contributed by atoms with Gasteiger partial charge in [-0.3, -0.25) is 4.90 Å². The van der Waals surface area contributed by atoms with Gasteiger partial charge in [0, 0.05) is 17.5 Å². The summed E-state index contributed by atoms with van der Waals surface area (Å²) in [5.41, 5.74) is 7.97. The maximum Gasteiger partial charge on any atom is 0.0596 e. The Labute approximate surface area is 133 Å². The second-order valence-electron chi connectivity index (χ2n) is 7.07. The molecule has 0 aromatic carbocycles. The molecule has 4 unspecified atom stereocenters. The summed E-state index contributed by atoms with van der Waals surface area (Å²) >= 11 is 1.90. The molecule has 0 amide bonds. The van der Waals surface area contributed by atoms with Gasteiger partial charge in [-0.2, -0.15) is 0 Å². The zero-order valence-corrected chi connectivity index (χ0v) is 14.4. The van der Waals surface area contributed by atoms with Crippen molar-refractivity contribution in [3.63, 3.8) is 0 Å². The van der Waals surface area contributed by atoms with Gasteiger partial charge in [-0.25, -0.2) is 0 Å². The Bertz CT molecular complexity index is 456. The quantitative estimate of drug-likeness (QED) is 0.896. The predicted molar refractivity (Wildman–Crippen MR) is 91.7 cm³/mol. The van der Waals surface area contributed by atoms with E-state index in [9.17, 15) is 0 Å². The summed E-state index contributed by atoms with van der Waals surface area (Å²) in [6, 6.07) is 2.96. The monoisotopic (exact) mass is 306 g/mol. The second kappa shape index (κ2) is 6.80. The van der Waals surface area contributed by atoms with Crippen molar-refractivity contribution in [3.05, 3.63) is 21.9 Å². The Morgan fingerprint density at radius 1 is 1.29 bits per heavy atom. The Morgan fingerprint density at radius 3 is 2.71 bits per heavy atom. The van der Waals surface area contributed by atoms with Gasteiger partial charge in [-0.15, -0.1) is 11.3 Å².